The first-order valence-electron chi connectivity index (χ1n) is 5.44. The first-order valence-corrected chi connectivity index (χ1v) is 5.82. The molecule has 0 fully saturated rings. The summed E-state index contributed by atoms with van der Waals surface area (Å²) in [5.41, 5.74) is 3.18. The Hall–Kier alpha value is -2.11. The van der Waals surface area contributed by atoms with Crippen molar-refractivity contribution in [3.05, 3.63) is 58.9 Å². The van der Waals surface area contributed by atoms with Crippen molar-refractivity contribution in [2.24, 2.45) is 5.84 Å². The van der Waals surface area contributed by atoms with E-state index in [4.69, 9.17) is 17.4 Å². The molecule has 2 rings (SSSR count). The van der Waals surface area contributed by atoms with E-state index in [0.717, 1.165) is 0 Å². The average Bonchev–Trinajstić information content (AvgIpc) is 2.43. The van der Waals surface area contributed by atoms with Gasteiger partial charge < -0.3 is 10.7 Å². The van der Waals surface area contributed by atoms with Crippen molar-refractivity contribution in [1.29, 1.82) is 0 Å². The number of benzene rings is 2. The van der Waals surface area contributed by atoms with E-state index in [2.05, 4.69) is 10.7 Å². The zero-order valence-electron chi connectivity index (χ0n) is 9.78. The van der Waals surface area contributed by atoms with Crippen LogP contribution in [0.1, 0.15) is 10.4 Å². The quantitative estimate of drug-likeness (QED) is 0.598. The highest BCUT2D eigenvalue weighted by Gasteiger charge is 2.13. The SMILES string of the molecule is NNc1ccccc1C(=O)Nc1cccc(Cl)c1F. The molecule has 0 saturated carbocycles. The average molecular weight is 280 g/mol. The summed E-state index contributed by atoms with van der Waals surface area (Å²) in [5, 5.41) is 2.40. The van der Waals surface area contributed by atoms with Crippen molar-refractivity contribution in [3.63, 3.8) is 0 Å². The van der Waals surface area contributed by atoms with Gasteiger partial charge in [0.15, 0.2) is 5.82 Å². The topological polar surface area (TPSA) is 67.1 Å². The minimum Gasteiger partial charge on any atom is -0.323 e. The molecule has 0 bridgehead atoms. The van der Waals surface area contributed by atoms with E-state index in [0.29, 0.717) is 11.3 Å². The molecule has 0 unspecified atom stereocenters. The number of nitrogen functional groups attached to an aromatic ring is 1. The Morgan fingerprint density at radius 2 is 1.79 bits per heavy atom. The molecule has 0 aliphatic rings. The third-order valence-corrected chi connectivity index (χ3v) is 2.82. The maximum absolute atomic E-state index is 13.7. The van der Waals surface area contributed by atoms with Gasteiger partial charge in [-0.15, -0.1) is 0 Å². The van der Waals surface area contributed by atoms with E-state index < -0.39 is 11.7 Å². The molecule has 6 heteroatoms. The minimum absolute atomic E-state index is 0.0179. The number of halogens is 2. The molecule has 2 aromatic carbocycles. The molecule has 0 aliphatic carbocycles. The predicted octanol–water partition coefficient (Wildman–Crippen LogP) is 3.02. The summed E-state index contributed by atoms with van der Waals surface area (Å²) < 4.78 is 13.7. The molecule has 19 heavy (non-hydrogen) atoms. The van der Waals surface area contributed by atoms with Gasteiger partial charge in [-0.25, -0.2) is 4.39 Å². The zero-order chi connectivity index (χ0) is 13.8. The van der Waals surface area contributed by atoms with Crippen LogP contribution < -0.4 is 16.6 Å². The predicted molar refractivity (Wildman–Crippen MR) is 73.6 cm³/mol. The zero-order valence-corrected chi connectivity index (χ0v) is 10.5. The summed E-state index contributed by atoms with van der Waals surface area (Å²) in [4.78, 5) is 12.0. The fourth-order valence-electron chi connectivity index (χ4n) is 1.60. The van der Waals surface area contributed by atoms with Crippen molar-refractivity contribution >= 4 is 28.9 Å². The number of amides is 1. The standard InChI is InChI=1S/C13H11ClFN3O/c14-9-5-3-7-11(12(9)15)17-13(19)8-4-1-2-6-10(8)18-16/h1-7,18H,16H2,(H,17,19). The summed E-state index contributed by atoms with van der Waals surface area (Å²) >= 11 is 5.64. The number of hydrogen-bond acceptors (Lipinski definition) is 3. The molecule has 0 spiro atoms. The molecule has 1 amide bonds. The fraction of sp³-hybridized carbons (Fsp3) is 0. The van der Waals surface area contributed by atoms with E-state index in [1.54, 1.807) is 30.3 Å². The monoisotopic (exact) mass is 279 g/mol. The Morgan fingerprint density at radius 1 is 1.11 bits per heavy atom. The maximum Gasteiger partial charge on any atom is 0.257 e. The van der Waals surface area contributed by atoms with Crippen LogP contribution in [0.5, 0.6) is 0 Å². The first kappa shape index (κ1) is 13.3. The molecule has 4 nitrogen and oxygen atoms in total. The molecule has 0 atom stereocenters. The number of carbonyl (C=O) groups is 1. The van der Waals surface area contributed by atoms with Gasteiger partial charge in [-0.2, -0.15) is 0 Å². The Kier molecular flexibility index (Phi) is 3.99. The lowest BCUT2D eigenvalue weighted by Crippen LogP contribution is -2.17. The maximum atomic E-state index is 13.7. The Balaban J connectivity index is 2.28. The van der Waals surface area contributed by atoms with Crippen LogP contribution in [-0.4, -0.2) is 5.91 Å². The van der Waals surface area contributed by atoms with Crippen LogP contribution in [0.4, 0.5) is 15.8 Å². The summed E-state index contributed by atoms with van der Waals surface area (Å²) in [6.07, 6.45) is 0. The van der Waals surface area contributed by atoms with Gasteiger partial charge in [-0.05, 0) is 24.3 Å². The summed E-state index contributed by atoms with van der Waals surface area (Å²) in [7, 11) is 0. The molecule has 0 aromatic heterocycles. The summed E-state index contributed by atoms with van der Waals surface area (Å²) in [5.74, 6) is 4.16. The van der Waals surface area contributed by atoms with Gasteiger partial charge in [0.2, 0.25) is 0 Å². The van der Waals surface area contributed by atoms with Crippen LogP contribution in [0.25, 0.3) is 0 Å². The lowest BCUT2D eigenvalue weighted by molar-refractivity contribution is 0.102. The van der Waals surface area contributed by atoms with Crippen molar-refractivity contribution < 1.29 is 9.18 Å². The van der Waals surface area contributed by atoms with Gasteiger partial charge in [-0.3, -0.25) is 10.6 Å². The molecule has 0 saturated heterocycles. The summed E-state index contributed by atoms with van der Waals surface area (Å²) in [6.45, 7) is 0. The fourth-order valence-corrected chi connectivity index (χ4v) is 1.77. The van der Waals surface area contributed by atoms with E-state index in [1.165, 1.54) is 12.1 Å². The van der Waals surface area contributed by atoms with Gasteiger partial charge >= 0.3 is 0 Å². The lowest BCUT2D eigenvalue weighted by atomic mass is 10.1. The molecular weight excluding hydrogens is 269 g/mol. The van der Waals surface area contributed by atoms with E-state index in [1.807, 2.05) is 0 Å². The van der Waals surface area contributed by atoms with E-state index >= 15 is 0 Å². The lowest BCUT2D eigenvalue weighted by Gasteiger charge is -2.10. The third kappa shape index (κ3) is 2.83. The van der Waals surface area contributed by atoms with E-state index in [9.17, 15) is 9.18 Å². The minimum atomic E-state index is -0.671. The molecule has 0 heterocycles. The second-order valence-corrected chi connectivity index (χ2v) is 4.15. The van der Waals surface area contributed by atoms with Gasteiger partial charge in [0.1, 0.15) is 0 Å². The molecular formula is C13H11ClFN3O. The van der Waals surface area contributed by atoms with Crippen molar-refractivity contribution in [2.45, 2.75) is 0 Å². The van der Waals surface area contributed by atoms with Crippen LogP contribution in [0.3, 0.4) is 0 Å². The third-order valence-electron chi connectivity index (χ3n) is 2.53. The van der Waals surface area contributed by atoms with Crippen LogP contribution in [0, 0.1) is 5.82 Å². The Labute approximate surface area is 114 Å². The molecule has 0 radical (unpaired) electrons. The summed E-state index contributed by atoms with van der Waals surface area (Å²) in [6, 6.07) is 11.0. The number of nitrogens with one attached hydrogen (secondary N) is 2. The number of para-hydroxylation sites is 1. The normalized spacial score (nSPS) is 10.1. The number of hydrogen-bond donors (Lipinski definition) is 3. The highest BCUT2D eigenvalue weighted by Crippen LogP contribution is 2.23. The number of nitrogens with two attached hydrogens (primary N) is 1. The highest BCUT2D eigenvalue weighted by atomic mass is 35.5. The van der Waals surface area contributed by atoms with Crippen LogP contribution in [0.2, 0.25) is 5.02 Å². The number of rotatable bonds is 3. The van der Waals surface area contributed by atoms with Crippen molar-refractivity contribution in [3.8, 4) is 0 Å². The number of hydrazine groups is 1. The Bertz CT molecular complexity index is 619. The van der Waals surface area contributed by atoms with E-state index in [-0.39, 0.29) is 10.7 Å². The molecule has 4 N–H and O–H groups in total. The van der Waals surface area contributed by atoms with Gasteiger partial charge in [-0.1, -0.05) is 29.8 Å². The second kappa shape index (κ2) is 5.69. The second-order valence-electron chi connectivity index (χ2n) is 3.75. The molecule has 0 aliphatic heterocycles. The van der Waals surface area contributed by atoms with Crippen molar-refractivity contribution in [2.75, 3.05) is 10.7 Å². The molecule has 2 aromatic rings. The molecule has 98 valence electrons. The van der Waals surface area contributed by atoms with Crippen LogP contribution in [-0.2, 0) is 0 Å². The smallest absolute Gasteiger partial charge is 0.257 e. The van der Waals surface area contributed by atoms with Gasteiger partial charge in [0.05, 0.1) is 22.0 Å². The van der Waals surface area contributed by atoms with Crippen LogP contribution >= 0.6 is 11.6 Å². The largest absolute Gasteiger partial charge is 0.323 e. The number of carbonyl (C=O) groups excluding carboxylic acids is 1. The Morgan fingerprint density at radius 3 is 2.53 bits per heavy atom. The van der Waals surface area contributed by atoms with Gasteiger partial charge in [0.25, 0.3) is 5.91 Å². The van der Waals surface area contributed by atoms with Crippen molar-refractivity contribution in [1.82, 2.24) is 0 Å². The first-order chi connectivity index (χ1) is 9.13. The highest BCUT2D eigenvalue weighted by molar-refractivity contribution is 6.31. The van der Waals surface area contributed by atoms with Gasteiger partial charge in [0, 0.05) is 0 Å². The number of anilines is 2. The van der Waals surface area contributed by atoms with Crippen LogP contribution in [0.15, 0.2) is 42.5 Å².